The van der Waals surface area contributed by atoms with Gasteiger partial charge in [-0.2, -0.15) is 0 Å². The van der Waals surface area contributed by atoms with E-state index in [1.807, 2.05) is 0 Å². The van der Waals surface area contributed by atoms with Crippen LogP contribution in [0.5, 0.6) is 0 Å². The summed E-state index contributed by atoms with van der Waals surface area (Å²) in [7, 11) is 0. The lowest BCUT2D eigenvalue weighted by molar-refractivity contribution is 0.590. The average molecular weight is 1770 g/mol. The van der Waals surface area contributed by atoms with Crippen LogP contribution in [0.3, 0.4) is 0 Å². The van der Waals surface area contributed by atoms with E-state index in [0.29, 0.717) is 0 Å². The minimum atomic E-state index is -1.23. The topological polar surface area (TPSA) is 0 Å². The van der Waals surface area contributed by atoms with Gasteiger partial charge in [0.05, 0.1) is 5.41 Å². The number of allylic oxidation sites excluding steroid dienone is 4. The maximum Gasteiger partial charge on any atom is 0.0725 e. The molecule has 16 aromatic rings. The predicted octanol–water partition coefficient (Wildman–Crippen LogP) is 37.5. The fourth-order valence-electron chi connectivity index (χ4n) is 17.2. The van der Waals surface area contributed by atoms with Crippen LogP contribution in [0.1, 0.15) is 239 Å². The Hall–Kier alpha value is -15.6. The van der Waals surface area contributed by atoms with Gasteiger partial charge in [-0.05, 0) is 224 Å². The minimum absolute atomic E-state index is 0.104. The first-order valence-electron chi connectivity index (χ1n) is 48.1. The van der Waals surface area contributed by atoms with Crippen molar-refractivity contribution in [2.24, 2.45) is 5.41 Å². The van der Waals surface area contributed by atoms with Crippen molar-refractivity contribution in [3.8, 4) is 0 Å². The van der Waals surface area contributed by atoms with E-state index in [1.54, 1.807) is 0 Å². The molecule has 0 bridgehead atoms. The Balaban J connectivity index is 0.844. The molecule has 0 saturated heterocycles. The summed E-state index contributed by atoms with van der Waals surface area (Å²) in [5.74, 6) is 0. The molecule has 0 heterocycles. The van der Waals surface area contributed by atoms with Crippen molar-refractivity contribution in [2.75, 3.05) is 0 Å². The van der Waals surface area contributed by atoms with Crippen LogP contribution in [0, 0.1) is 5.41 Å². The van der Waals surface area contributed by atoms with Crippen LogP contribution in [-0.2, 0) is 21.7 Å². The molecule has 0 fully saturated rings. The predicted molar refractivity (Wildman–Crippen MR) is 603 cm³/mol. The smallest absolute Gasteiger partial charge is 0.0622 e. The Morgan fingerprint density at radius 3 is 0.336 bits per heavy atom. The lowest BCUT2D eigenvalue weighted by Crippen LogP contribution is -2.29. The van der Waals surface area contributed by atoms with Gasteiger partial charge in [-0.25, -0.2) is 0 Å². The largest absolute Gasteiger partial charge is 0.0725 e. The van der Waals surface area contributed by atoms with Crippen LogP contribution in [0.15, 0.2) is 413 Å². The molecule has 0 aliphatic carbocycles. The molecule has 0 saturated carbocycles. The molecule has 0 atom stereocenters. The van der Waals surface area contributed by atoms with Gasteiger partial charge in [0.25, 0.3) is 0 Å². The molecule has 0 unspecified atom stereocenters. The van der Waals surface area contributed by atoms with Crippen molar-refractivity contribution in [1.29, 1.82) is 0 Å². The molecule has 672 valence electrons. The number of hydrogen-bond donors (Lipinski definition) is 0. The Labute approximate surface area is 816 Å². The summed E-state index contributed by atoms with van der Waals surface area (Å²) in [6, 6.07) is 152. The second kappa shape index (κ2) is 43.6. The summed E-state index contributed by atoms with van der Waals surface area (Å²) < 4.78 is 0. The molecule has 0 heteroatoms. The van der Waals surface area contributed by atoms with Gasteiger partial charge in [-0.3, -0.25) is 0 Å². The molecule has 0 aliphatic rings. The fourth-order valence-corrected chi connectivity index (χ4v) is 17.2. The van der Waals surface area contributed by atoms with E-state index in [-0.39, 0.29) is 21.7 Å². The zero-order chi connectivity index (χ0) is 95.2. The number of hydrogen-bond acceptors (Lipinski definition) is 0. The van der Waals surface area contributed by atoms with Crippen LogP contribution >= 0.6 is 0 Å². The van der Waals surface area contributed by atoms with Gasteiger partial charge < -0.3 is 0 Å². The molecule has 137 heavy (non-hydrogen) atoms. The van der Waals surface area contributed by atoms with Crippen LogP contribution in [0.4, 0.5) is 0 Å². The first kappa shape index (κ1) is 94.6. The molecular formula is C137H124. The molecule has 0 spiro atoms. The summed E-state index contributed by atoms with van der Waals surface area (Å²) in [4.78, 5) is 0. The van der Waals surface area contributed by atoms with Crippen molar-refractivity contribution in [3.63, 3.8) is 0 Å². The SMILES string of the molecule is CC(C)(C)c1ccc(C=Cc2ccc(C=Cc3ccc(C=C(c4ccccc4)C(C(=Cc4ccc(C=Cc5ccc(C=Cc6ccc(C(C)(C)C)cc6)cc5)cc4)c4ccccc4)(C(=Cc4ccc(C=Cc5ccc(C=Cc6ccc(C(C)(C)C)cc6)cc5)cc4)c4ccccc4)C(=Cc4ccc(C=Cc5ccc(C=Cc6ccc(C(C)(C)C)cc6)cc5)cc4)c4ccccc4)cc3)cc2)cc1. The van der Waals surface area contributed by atoms with E-state index in [9.17, 15) is 0 Å². The standard InChI is InChI=1S/C137H124/c1-133(2,3)125-89-81-113(82-90-125)61-57-105-41-33-101(34-42-105)49-53-109-65-73-117(74-66-109)97-129(121-25-17-13-18-26-121)137(130(122-27-19-14-20-28-122)98-118-75-67-110(68-76-118)54-50-102-35-43-106(44-36-102)58-62-114-83-91-126(92-84-114)134(4,5)6,131(123-29-21-15-22-30-123)99-119-77-69-111(70-78-119)55-51-103-37-45-107(46-38-103)59-63-115-85-93-127(94-86-115)135(7,8)9)132(124-31-23-16-24-32-124)100-120-79-71-112(72-80-120)56-52-104-39-47-108(48-40-104)60-64-116-87-95-128(96-88-116)136(10,11)12/h13-100H,1-12H3. The third kappa shape index (κ3) is 25.7. The highest BCUT2D eigenvalue weighted by atomic mass is 14.5. The van der Waals surface area contributed by atoms with E-state index >= 15 is 0 Å². The molecule has 16 rings (SSSR count). The number of rotatable bonds is 28. The van der Waals surface area contributed by atoms with Crippen molar-refractivity contribution >= 4 is 144 Å². The Morgan fingerprint density at radius 2 is 0.226 bits per heavy atom. The van der Waals surface area contributed by atoms with E-state index in [1.165, 1.54) is 44.5 Å². The monoisotopic (exact) mass is 1770 g/mol. The fraction of sp³-hybridized carbons (Fsp3) is 0.124. The average Bonchev–Trinajstić information content (AvgIpc) is 0.708. The zero-order valence-corrected chi connectivity index (χ0v) is 81.3. The molecular weight excluding hydrogens is 1650 g/mol. The van der Waals surface area contributed by atoms with Crippen molar-refractivity contribution < 1.29 is 0 Å². The lowest BCUT2D eigenvalue weighted by Gasteiger charge is -2.45. The lowest BCUT2D eigenvalue weighted by atomic mass is 9.56. The Kier molecular flexibility index (Phi) is 30.1. The first-order valence-corrected chi connectivity index (χ1v) is 48.1. The van der Waals surface area contributed by atoms with E-state index in [4.69, 9.17) is 0 Å². The summed E-state index contributed by atoms with van der Waals surface area (Å²) in [6.45, 7) is 27.1. The summed E-state index contributed by atoms with van der Waals surface area (Å²) in [5.41, 5.74) is 35.3. The molecule has 16 aromatic carbocycles. The maximum atomic E-state index is 2.48. The second-order valence-electron chi connectivity index (χ2n) is 39.9. The summed E-state index contributed by atoms with van der Waals surface area (Å²) in [6.07, 6.45) is 45.2. The van der Waals surface area contributed by atoms with Gasteiger partial charge in [0.1, 0.15) is 0 Å². The Morgan fingerprint density at radius 1 is 0.124 bits per heavy atom. The maximum absolute atomic E-state index is 2.48. The zero-order valence-electron chi connectivity index (χ0n) is 81.3. The third-order valence-corrected chi connectivity index (χ3v) is 25.5. The molecule has 0 N–H and O–H groups in total. The molecule has 0 nitrogen and oxygen atoms in total. The molecule has 0 aromatic heterocycles. The molecule has 0 aliphatic heterocycles. The van der Waals surface area contributed by atoms with Gasteiger partial charge in [0, 0.05) is 0 Å². The van der Waals surface area contributed by atoms with Crippen molar-refractivity contribution in [3.05, 3.63) is 568 Å². The highest BCUT2D eigenvalue weighted by Gasteiger charge is 2.47. The minimum Gasteiger partial charge on any atom is -0.0622 e. The van der Waals surface area contributed by atoms with Crippen molar-refractivity contribution in [1.82, 2.24) is 0 Å². The van der Waals surface area contributed by atoms with E-state index in [2.05, 4.69) is 617 Å². The van der Waals surface area contributed by atoms with Crippen molar-refractivity contribution in [2.45, 2.75) is 105 Å². The molecule has 0 radical (unpaired) electrons. The summed E-state index contributed by atoms with van der Waals surface area (Å²) >= 11 is 0. The molecule has 0 amide bonds. The quantitative estimate of drug-likeness (QED) is 0.0429. The normalized spacial score (nSPS) is 13.4. The Bertz CT molecular complexity index is 6200. The first-order chi connectivity index (χ1) is 66.3. The van der Waals surface area contributed by atoms with Crippen LogP contribution < -0.4 is 0 Å². The van der Waals surface area contributed by atoms with Gasteiger partial charge >= 0.3 is 0 Å². The highest BCUT2D eigenvalue weighted by Crippen LogP contribution is 2.64. The van der Waals surface area contributed by atoms with E-state index in [0.717, 1.165) is 134 Å². The van der Waals surface area contributed by atoms with Gasteiger partial charge in [0.15, 0.2) is 0 Å². The van der Waals surface area contributed by atoms with Crippen LogP contribution in [0.2, 0.25) is 0 Å². The van der Waals surface area contributed by atoms with Gasteiger partial charge in [-0.1, -0.05) is 593 Å². The van der Waals surface area contributed by atoms with Crippen LogP contribution in [-0.4, -0.2) is 0 Å². The number of benzene rings is 16. The second-order valence-corrected chi connectivity index (χ2v) is 39.9. The summed E-state index contributed by atoms with van der Waals surface area (Å²) in [5, 5.41) is 0. The third-order valence-electron chi connectivity index (χ3n) is 25.5. The van der Waals surface area contributed by atoms with Crippen LogP contribution in [0.25, 0.3) is 144 Å². The van der Waals surface area contributed by atoms with Gasteiger partial charge in [0.2, 0.25) is 0 Å². The highest BCUT2D eigenvalue weighted by molar-refractivity contribution is 6.21. The van der Waals surface area contributed by atoms with Gasteiger partial charge in [-0.15, -0.1) is 0 Å². The van der Waals surface area contributed by atoms with E-state index < -0.39 is 5.41 Å².